The highest BCUT2D eigenvalue weighted by Crippen LogP contribution is 2.32. The third kappa shape index (κ3) is 2.79. The van der Waals surface area contributed by atoms with Gasteiger partial charge in [-0.25, -0.2) is 0 Å². The van der Waals surface area contributed by atoms with Gasteiger partial charge in [-0.05, 0) is 31.2 Å². The van der Waals surface area contributed by atoms with Crippen LogP contribution in [-0.2, 0) is 6.54 Å². The summed E-state index contributed by atoms with van der Waals surface area (Å²) < 4.78 is 5.53. The molecular weight excluding hydrogens is 248 g/mol. The molecule has 2 rings (SSSR count). The smallest absolute Gasteiger partial charge is 0.123 e. The fourth-order valence-corrected chi connectivity index (χ4v) is 2.22. The maximum Gasteiger partial charge on any atom is 0.123 e. The van der Waals surface area contributed by atoms with Crippen LogP contribution >= 0.6 is 11.6 Å². The molecule has 18 heavy (non-hydrogen) atoms. The van der Waals surface area contributed by atoms with E-state index in [-0.39, 0.29) is 0 Å². The predicted molar refractivity (Wildman–Crippen MR) is 76.6 cm³/mol. The van der Waals surface area contributed by atoms with Crippen molar-refractivity contribution in [3.8, 4) is 0 Å². The van der Waals surface area contributed by atoms with E-state index in [1.807, 2.05) is 56.3 Å². The van der Waals surface area contributed by atoms with Crippen LogP contribution in [0.4, 0.5) is 11.4 Å². The number of halogens is 1. The lowest BCUT2D eigenvalue weighted by atomic mass is 10.2. The van der Waals surface area contributed by atoms with E-state index in [4.69, 9.17) is 16.0 Å². The van der Waals surface area contributed by atoms with Gasteiger partial charge in [-0.3, -0.25) is 0 Å². The Morgan fingerprint density at radius 2 is 2.00 bits per heavy atom. The lowest BCUT2D eigenvalue weighted by molar-refractivity contribution is 0.490. The average molecular weight is 265 g/mol. The van der Waals surface area contributed by atoms with E-state index in [0.29, 0.717) is 6.54 Å². The molecule has 3 nitrogen and oxygen atoms in total. The monoisotopic (exact) mass is 264 g/mol. The largest absolute Gasteiger partial charge is 0.465 e. The highest BCUT2D eigenvalue weighted by molar-refractivity contribution is 6.34. The minimum absolute atomic E-state index is 0.648. The van der Waals surface area contributed by atoms with Gasteiger partial charge in [0, 0.05) is 14.1 Å². The summed E-state index contributed by atoms with van der Waals surface area (Å²) in [6.45, 7) is 2.59. The van der Waals surface area contributed by atoms with Crippen molar-refractivity contribution in [3.05, 3.63) is 46.9 Å². The van der Waals surface area contributed by atoms with Crippen LogP contribution in [-0.4, -0.2) is 14.1 Å². The van der Waals surface area contributed by atoms with Gasteiger partial charge in [-0.2, -0.15) is 0 Å². The maximum atomic E-state index is 6.21. The zero-order chi connectivity index (χ0) is 13.1. The molecule has 0 fully saturated rings. The Bertz CT molecular complexity index is 534. The average Bonchev–Trinajstić information content (AvgIpc) is 2.72. The third-order valence-corrected chi connectivity index (χ3v) is 2.99. The van der Waals surface area contributed by atoms with Gasteiger partial charge in [0.1, 0.15) is 11.5 Å². The van der Waals surface area contributed by atoms with Crippen LogP contribution in [0.5, 0.6) is 0 Å². The van der Waals surface area contributed by atoms with Gasteiger partial charge in [0.15, 0.2) is 0 Å². The lowest BCUT2D eigenvalue weighted by Gasteiger charge is -2.19. The van der Waals surface area contributed by atoms with E-state index in [1.165, 1.54) is 0 Å². The van der Waals surface area contributed by atoms with Crippen molar-refractivity contribution < 1.29 is 4.42 Å². The molecule has 1 aromatic heterocycles. The van der Waals surface area contributed by atoms with Crippen LogP contribution in [0.25, 0.3) is 0 Å². The molecule has 0 bridgehead atoms. The van der Waals surface area contributed by atoms with Gasteiger partial charge in [0.05, 0.1) is 22.9 Å². The van der Waals surface area contributed by atoms with Gasteiger partial charge in [0.2, 0.25) is 0 Å². The van der Waals surface area contributed by atoms with E-state index in [0.717, 1.165) is 27.9 Å². The summed E-state index contributed by atoms with van der Waals surface area (Å²) in [5.41, 5.74) is 1.99. The van der Waals surface area contributed by atoms with Crippen molar-refractivity contribution in [2.75, 3.05) is 24.3 Å². The van der Waals surface area contributed by atoms with Crippen LogP contribution in [0.15, 0.2) is 34.7 Å². The summed E-state index contributed by atoms with van der Waals surface area (Å²) in [6, 6.07) is 9.77. The highest BCUT2D eigenvalue weighted by atomic mass is 35.5. The standard InChI is InChI=1S/C14H17ClN2O/c1-10-7-8-11(18-10)9-16-13-6-4-5-12(15)14(13)17(2)3/h4-8,16H,9H2,1-3H3. The van der Waals surface area contributed by atoms with Crippen molar-refractivity contribution in [1.29, 1.82) is 0 Å². The first kappa shape index (κ1) is 12.8. The number of hydrogen-bond donors (Lipinski definition) is 1. The van der Waals surface area contributed by atoms with Crippen LogP contribution in [0.3, 0.4) is 0 Å². The second-order valence-corrected chi connectivity index (χ2v) is 4.80. The van der Waals surface area contributed by atoms with Gasteiger partial charge >= 0.3 is 0 Å². The van der Waals surface area contributed by atoms with E-state index in [9.17, 15) is 0 Å². The molecular formula is C14H17ClN2O. The molecule has 1 heterocycles. The normalized spacial score (nSPS) is 10.4. The summed E-state index contributed by atoms with van der Waals surface area (Å²) in [7, 11) is 3.95. The van der Waals surface area contributed by atoms with Crippen molar-refractivity contribution in [2.45, 2.75) is 13.5 Å². The maximum absolute atomic E-state index is 6.21. The fourth-order valence-electron chi connectivity index (χ4n) is 1.87. The molecule has 4 heteroatoms. The first-order valence-electron chi connectivity index (χ1n) is 5.83. The quantitative estimate of drug-likeness (QED) is 0.907. The summed E-state index contributed by atoms with van der Waals surface area (Å²) in [6.07, 6.45) is 0. The highest BCUT2D eigenvalue weighted by Gasteiger charge is 2.09. The number of furan rings is 1. The Hall–Kier alpha value is -1.61. The number of benzene rings is 1. The molecule has 0 aliphatic carbocycles. The Morgan fingerprint density at radius 1 is 1.22 bits per heavy atom. The summed E-state index contributed by atoms with van der Waals surface area (Å²) in [5, 5.41) is 4.08. The molecule has 0 unspecified atom stereocenters. The topological polar surface area (TPSA) is 28.4 Å². The molecule has 1 N–H and O–H groups in total. The van der Waals surface area contributed by atoms with Crippen molar-refractivity contribution in [2.24, 2.45) is 0 Å². The lowest BCUT2D eigenvalue weighted by Crippen LogP contribution is -2.12. The fraction of sp³-hybridized carbons (Fsp3) is 0.286. The SMILES string of the molecule is Cc1ccc(CNc2cccc(Cl)c2N(C)C)o1. The number of hydrogen-bond acceptors (Lipinski definition) is 3. The van der Waals surface area contributed by atoms with Crippen LogP contribution in [0.2, 0.25) is 5.02 Å². The molecule has 0 aliphatic heterocycles. The Morgan fingerprint density at radius 3 is 2.61 bits per heavy atom. The number of aryl methyl sites for hydroxylation is 1. The number of nitrogens with one attached hydrogen (secondary N) is 1. The van der Waals surface area contributed by atoms with Crippen molar-refractivity contribution in [1.82, 2.24) is 0 Å². The molecule has 0 saturated heterocycles. The van der Waals surface area contributed by atoms with E-state index < -0.39 is 0 Å². The van der Waals surface area contributed by atoms with Gasteiger partial charge in [-0.1, -0.05) is 17.7 Å². The molecule has 0 amide bonds. The number of rotatable bonds is 4. The third-order valence-electron chi connectivity index (χ3n) is 2.68. The molecule has 0 atom stereocenters. The summed E-state index contributed by atoms with van der Waals surface area (Å²) in [5.74, 6) is 1.84. The van der Waals surface area contributed by atoms with E-state index in [2.05, 4.69) is 5.32 Å². The molecule has 96 valence electrons. The van der Waals surface area contributed by atoms with Crippen LogP contribution in [0, 0.1) is 6.92 Å². The van der Waals surface area contributed by atoms with Gasteiger partial charge < -0.3 is 14.6 Å². The Balaban J connectivity index is 2.16. The van der Waals surface area contributed by atoms with Crippen molar-refractivity contribution >= 4 is 23.0 Å². The zero-order valence-corrected chi connectivity index (χ0v) is 11.6. The predicted octanol–water partition coefficient (Wildman–Crippen LogP) is 3.92. The van der Waals surface area contributed by atoms with Crippen molar-refractivity contribution in [3.63, 3.8) is 0 Å². The van der Waals surface area contributed by atoms with E-state index >= 15 is 0 Å². The molecule has 0 aliphatic rings. The Labute approximate surface area is 112 Å². The second kappa shape index (κ2) is 5.36. The molecule has 2 aromatic rings. The number of anilines is 2. The minimum Gasteiger partial charge on any atom is -0.465 e. The summed E-state index contributed by atoms with van der Waals surface area (Å²) >= 11 is 6.21. The first-order chi connectivity index (χ1) is 8.58. The van der Waals surface area contributed by atoms with Crippen LogP contribution < -0.4 is 10.2 Å². The Kier molecular flexibility index (Phi) is 3.82. The molecule has 0 spiro atoms. The van der Waals surface area contributed by atoms with E-state index in [1.54, 1.807) is 0 Å². The molecule has 1 aromatic carbocycles. The first-order valence-corrected chi connectivity index (χ1v) is 6.21. The van der Waals surface area contributed by atoms with Gasteiger partial charge in [0.25, 0.3) is 0 Å². The zero-order valence-electron chi connectivity index (χ0n) is 10.8. The minimum atomic E-state index is 0.648. The number of nitrogens with zero attached hydrogens (tertiary/aromatic N) is 1. The van der Waals surface area contributed by atoms with Crippen LogP contribution in [0.1, 0.15) is 11.5 Å². The number of para-hydroxylation sites is 1. The summed E-state index contributed by atoms with van der Waals surface area (Å²) in [4.78, 5) is 2.00. The molecule has 0 radical (unpaired) electrons. The second-order valence-electron chi connectivity index (χ2n) is 4.40. The molecule has 0 saturated carbocycles. The van der Waals surface area contributed by atoms with Gasteiger partial charge in [-0.15, -0.1) is 0 Å².